The van der Waals surface area contributed by atoms with Crippen LogP contribution in [0.2, 0.25) is 20.1 Å². The van der Waals surface area contributed by atoms with Gasteiger partial charge in [-0.05, 0) is 35.9 Å². The van der Waals surface area contributed by atoms with E-state index in [2.05, 4.69) is 5.32 Å². The third-order valence-electron chi connectivity index (χ3n) is 2.62. The normalized spacial score (nSPS) is 10.4. The van der Waals surface area contributed by atoms with Crippen molar-refractivity contribution in [1.82, 2.24) is 5.32 Å². The van der Waals surface area contributed by atoms with Gasteiger partial charge in [0, 0.05) is 12.1 Å². The highest BCUT2D eigenvalue weighted by molar-refractivity contribution is 6.42. The summed E-state index contributed by atoms with van der Waals surface area (Å²) in [4.78, 5) is 12.0. The number of rotatable bonds is 3. The third kappa shape index (κ3) is 3.80. The first kappa shape index (κ1) is 15.5. The number of benzene rings is 2. The van der Waals surface area contributed by atoms with Gasteiger partial charge in [-0.3, -0.25) is 4.79 Å². The maximum Gasteiger partial charge on any atom is 0.251 e. The molecule has 0 heterocycles. The Morgan fingerprint density at radius 1 is 0.850 bits per heavy atom. The van der Waals surface area contributed by atoms with Crippen molar-refractivity contribution < 1.29 is 4.79 Å². The minimum atomic E-state index is -0.241. The topological polar surface area (TPSA) is 29.1 Å². The van der Waals surface area contributed by atoms with Crippen molar-refractivity contribution in [2.75, 3.05) is 0 Å². The molecule has 0 aliphatic rings. The Balaban J connectivity index is 2.04. The largest absolute Gasteiger partial charge is 0.348 e. The molecule has 104 valence electrons. The Morgan fingerprint density at radius 2 is 1.45 bits per heavy atom. The number of carbonyl (C=O) groups is 1. The maximum absolute atomic E-state index is 12.0. The molecule has 0 spiro atoms. The quantitative estimate of drug-likeness (QED) is 0.808. The smallest absolute Gasteiger partial charge is 0.251 e. The summed E-state index contributed by atoms with van der Waals surface area (Å²) in [6, 6.07) is 9.90. The Bertz CT molecular complexity index is 658. The van der Waals surface area contributed by atoms with Crippen LogP contribution < -0.4 is 5.32 Å². The molecule has 2 nitrogen and oxygen atoms in total. The number of hydrogen-bond acceptors (Lipinski definition) is 1. The molecule has 2 aromatic carbocycles. The molecule has 2 rings (SSSR count). The molecule has 2 aromatic rings. The monoisotopic (exact) mass is 347 g/mol. The zero-order valence-electron chi connectivity index (χ0n) is 10.1. The molecule has 0 saturated carbocycles. The van der Waals surface area contributed by atoms with E-state index in [-0.39, 0.29) is 5.91 Å². The van der Waals surface area contributed by atoms with Crippen LogP contribution in [0.5, 0.6) is 0 Å². The van der Waals surface area contributed by atoms with Crippen molar-refractivity contribution in [3.63, 3.8) is 0 Å². The number of carbonyl (C=O) groups excluding carboxylic acids is 1. The lowest BCUT2D eigenvalue weighted by Gasteiger charge is -2.07. The van der Waals surface area contributed by atoms with Crippen LogP contribution in [0.1, 0.15) is 15.9 Å². The van der Waals surface area contributed by atoms with E-state index in [0.29, 0.717) is 32.2 Å². The number of halogens is 4. The van der Waals surface area contributed by atoms with E-state index in [0.717, 1.165) is 5.56 Å². The van der Waals surface area contributed by atoms with E-state index in [1.54, 1.807) is 30.3 Å². The van der Waals surface area contributed by atoms with Gasteiger partial charge in [-0.15, -0.1) is 0 Å². The van der Waals surface area contributed by atoms with Gasteiger partial charge in [0.1, 0.15) is 0 Å². The molecule has 0 bridgehead atoms. The average molecular weight is 349 g/mol. The van der Waals surface area contributed by atoms with Gasteiger partial charge in [0.25, 0.3) is 5.91 Å². The van der Waals surface area contributed by atoms with Crippen LogP contribution in [0.3, 0.4) is 0 Å². The summed E-state index contributed by atoms with van der Waals surface area (Å²) >= 11 is 23.4. The summed E-state index contributed by atoms with van der Waals surface area (Å²) < 4.78 is 0. The zero-order chi connectivity index (χ0) is 14.7. The van der Waals surface area contributed by atoms with Crippen molar-refractivity contribution in [2.45, 2.75) is 6.54 Å². The molecule has 0 unspecified atom stereocenters. The molecular formula is C14H9Cl4NO. The molecule has 1 N–H and O–H groups in total. The Labute approximate surface area is 136 Å². The zero-order valence-corrected chi connectivity index (χ0v) is 13.1. The van der Waals surface area contributed by atoms with Crippen LogP contribution in [-0.4, -0.2) is 5.91 Å². The average Bonchev–Trinajstić information content (AvgIpc) is 2.43. The van der Waals surface area contributed by atoms with Crippen molar-refractivity contribution in [3.8, 4) is 0 Å². The van der Waals surface area contributed by atoms with Gasteiger partial charge in [-0.1, -0.05) is 52.5 Å². The Morgan fingerprint density at radius 3 is 2.05 bits per heavy atom. The second-order valence-corrected chi connectivity index (χ2v) is 5.69. The van der Waals surface area contributed by atoms with Crippen LogP contribution in [0.25, 0.3) is 0 Å². The molecule has 6 heteroatoms. The molecule has 0 atom stereocenters. The second kappa shape index (κ2) is 6.68. The van der Waals surface area contributed by atoms with Crippen molar-refractivity contribution in [3.05, 3.63) is 67.6 Å². The first-order valence-corrected chi connectivity index (χ1v) is 7.16. The molecule has 0 aliphatic carbocycles. The van der Waals surface area contributed by atoms with E-state index in [1.165, 1.54) is 6.07 Å². The van der Waals surface area contributed by atoms with Gasteiger partial charge in [-0.2, -0.15) is 0 Å². The van der Waals surface area contributed by atoms with Crippen molar-refractivity contribution in [2.24, 2.45) is 0 Å². The second-order valence-electron chi connectivity index (χ2n) is 4.06. The van der Waals surface area contributed by atoms with Gasteiger partial charge in [0.15, 0.2) is 0 Å². The van der Waals surface area contributed by atoms with Crippen LogP contribution in [0, 0.1) is 0 Å². The first-order valence-electron chi connectivity index (χ1n) is 5.64. The number of hydrogen-bond donors (Lipinski definition) is 1. The summed E-state index contributed by atoms with van der Waals surface area (Å²) in [5.74, 6) is -0.241. The summed E-state index contributed by atoms with van der Waals surface area (Å²) in [6.07, 6.45) is 0. The fourth-order valence-electron chi connectivity index (χ4n) is 1.57. The lowest BCUT2D eigenvalue weighted by Crippen LogP contribution is -2.22. The summed E-state index contributed by atoms with van der Waals surface area (Å²) in [5, 5.41) is 4.45. The summed E-state index contributed by atoms with van der Waals surface area (Å²) in [6.45, 7) is 0.343. The van der Waals surface area contributed by atoms with Gasteiger partial charge in [0.2, 0.25) is 0 Å². The summed E-state index contributed by atoms with van der Waals surface area (Å²) in [7, 11) is 0. The predicted molar refractivity (Wildman–Crippen MR) is 84.1 cm³/mol. The fraction of sp³-hybridized carbons (Fsp3) is 0.0714. The Kier molecular flexibility index (Phi) is 5.17. The van der Waals surface area contributed by atoms with E-state index < -0.39 is 0 Å². The van der Waals surface area contributed by atoms with Crippen molar-refractivity contribution in [1.29, 1.82) is 0 Å². The van der Waals surface area contributed by atoms with Crippen LogP contribution in [-0.2, 0) is 6.54 Å². The Hall–Kier alpha value is -0.930. The van der Waals surface area contributed by atoms with E-state index in [1.807, 2.05) is 0 Å². The first-order chi connectivity index (χ1) is 9.47. The molecule has 20 heavy (non-hydrogen) atoms. The SMILES string of the molecule is O=C(NCc1ccc(Cl)c(Cl)c1)c1ccc(Cl)c(Cl)c1. The third-order valence-corrected chi connectivity index (χ3v) is 4.10. The van der Waals surface area contributed by atoms with Gasteiger partial charge in [0.05, 0.1) is 20.1 Å². The van der Waals surface area contributed by atoms with Crippen LogP contribution >= 0.6 is 46.4 Å². The standard InChI is InChI=1S/C14H9Cl4NO/c15-10-3-1-8(5-12(10)17)7-19-14(20)9-2-4-11(16)13(18)6-9/h1-6H,7H2,(H,19,20). The van der Waals surface area contributed by atoms with Gasteiger partial charge < -0.3 is 5.32 Å². The molecule has 1 amide bonds. The highest BCUT2D eigenvalue weighted by atomic mass is 35.5. The van der Waals surface area contributed by atoms with Crippen LogP contribution in [0.15, 0.2) is 36.4 Å². The van der Waals surface area contributed by atoms with E-state index >= 15 is 0 Å². The number of amides is 1. The van der Waals surface area contributed by atoms with E-state index in [4.69, 9.17) is 46.4 Å². The minimum absolute atomic E-state index is 0.241. The lowest BCUT2D eigenvalue weighted by molar-refractivity contribution is 0.0951. The molecule has 0 radical (unpaired) electrons. The molecule has 0 fully saturated rings. The van der Waals surface area contributed by atoms with Gasteiger partial charge in [-0.25, -0.2) is 0 Å². The van der Waals surface area contributed by atoms with E-state index in [9.17, 15) is 4.79 Å². The summed E-state index contributed by atoms with van der Waals surface area (Å²) in [5.41, 5.74) is 1.30. The molecule has 0 aliphatic heterocycles. The highest BCUT2D eigenvalue weighted by Gasteiger charge is 2.08. The highest BCUT2D eigenvalue weighted by Crippen LogP contribution is 2.23. The fourth-order valence-corrected chi connectivity index (χ4v) is 2.19. The van der Waals surface area contributed by atoms with Gasteiger partial charge >= 0.3 is 0 Å². The van der Waals surface area contributed by atoms with Crippen molar-refractivity contribution >= 4 is 52.3 Å². The molecule has 0 saturated heterocycles. The van der Waals surface area contributed by atoms with Crippen LogP contribution in [0.4, 0.5) is 0 Å². The number of nitrogens with one attached hydrogen (secondary N) is 1. The lowest BCUT2D eigenvalue weighted by atomic mass is 10.2. The maximum atomic E-state index is 12.0. The molecular weight excluding hydrogens is 340 g/mol. The minimum Gasteiger partial charge on any atom is -0.348 e. The predicted octanol–water partition coefficient (Wildman–Crippen LogP) is 5.23. The molecule has 0 aromatic heterocycles.